The quantitative estimate of drug-likeness (QED) is 0.517. The van der Waals surface area contributed by atoms with E-state index in [9.17, 15) is 4.79 Å². The van der Waals surface area contributed by atoms with Gasteiger partial charge in [0.1, 0.15) is 11.5 Å². The van der Waals surface area contributed by atoms with E-state index < -0.39 is 0 Å². The molecule has 1 amide bonds. The molecule has 1 saturated heterocycles. The Kier molecular flexibility index (Phi) is 7.54. The van der Waals surface area contributed by atoms with Gasteiger partial charge in [-0.25, -0.2) is 4.99 Å². The second kappa shape index (κ2) is 10.5. The fourth-order valence-corrected chi connectivity index (χ4v) is 3.39. The first-order chi connectivity index (χ1) is 14.6. The molecule has 0 saturated carbocycles. The topological polar surface area (TPSA) is 75.2 Å². The number of amides is 1. The van der Waals surface area contributed by atoms with Crippen LogP contribution in [0.5, 0.6) is 11.5 Å². The van der Waals surface area contributed by atoms with Crippen molar-refractivity contribution in [2.24, 2.45) is 4.99 Å². The summed E-state index contributed by atoms with van der Waals surface area (Å²) in [6.45, 7) is 4.73. The smallest absolute Gasteiger partial charge is 0.227 e. The summed E-state index contributed by atoms with van der Waals surface area (Å²) in [5.41, 5.74) is 3.06. The second-order valence-electron chi connectivity index (χ2n) is 7.04. The third kappa shape index (κ3) is 5.43. The van der Waals surface area contributed by atoms with E-state index in [0.29, 0.717) is 19.5 Å². The van der Waals surface area contributed by atoms with E-state index in [2.05, 4.69) is 15.6 Å². The number of guanidine groups is 1. The Hall–Kier alpha value is -3.22. The summed E-state index contributed by atoms with van der Waals surface area (Å²) in [7, 11) is 3.29. The highest BCUT2D eigenvalue weighted by Gasteiger charge is 2.21. The Morgan fingerprint density at radius 2 is 1.90 bits per heavy atom. The molecule has 1 heterocycles. The number of nitrogens with zero attached hydrogens (tertiary/aromatic N) is 2. The van der Waals surface area contributed by atoms with Crippen molar-refractivity contribution in [2.45, 2.75) is 32.9 Å². The van der Waals surface area contributed by atoms with Crippen molar-refractivity contribution < 1.29 is 14.3 Å². The van der Waals surface area contributed by atoms with E-state index in [4.69, 9.17) is 9.47 Å². The molecule has 2 aromatic carbocycles. The van der Waals surface area contributed by atoms with E-state index in [1.54, 1.807) is 14.2 Å². The average molecular weight is 411 g/mol. The summed E-state index contributed by atoms with van der Waals surface area (Å²) in [5.74, 6) is 2.46. The lowest BCUT2D eigenvalue weighted by Crippen LogP contribution is -2.36. The molecule has 160 valence electrons. The van der Waals surface area contributed by atoms with Crippen LogP contribution in [0, 0.1) is 0 Å². The van der Waals surface area contributed by atoms with Gasteiger partial charge in [-0.05, 0) is 43.2 Å². The van der Waals surface area contributed by atoms with Gasteiger partial charge in [-0.1, -0.05) is 12.1 Å². The first-order valence-electron chi connectivity index (χ1n) is 10.3. The van der Waals surface area contributed by atoms with Gasteiger partial charge >= 0.3 is 0 Å². The zero-order valence-electron chi connectivity index (χ0n) is 17.9. The zero-order valence-corrected chi connectivity index (χ0v) is 17.9. The maximum atomic E-state index is 11.9. The number of benzene rings is 2. The largest absolute Gasteiger partial charge is 0.497 e. The van der Waals surface area contributed by atoms with Crippen LogP contribution in [-0.2, 0) is 17.9 Å². The first-order valence-corrected chi connectivity index (χ1v) is 10.3. The Morgan fingerprint density at radius 3 is 2.53 bits per heavy atom. The molecule has 30 heavy (non-hydrogen) atoms. The van der Waals surface area contributed by atoms with Crippen LogP contribution in [0.15, 0.2) is 47.5 Å². The molecule has 0 aliphatic carbocycles. The van der Waals surface area contributed by atoms with Gasteiger partial charge in [-0.2, -0.15) is 0 Å². The van der Waals surface area contributed by atoms with Crippen LogP contribution in [0.3, 0.4) is 0 Å². The number of carbonyl (C=O) groups is 1. The summed E-state index contributed by atoms with van der Waals surface area (Å²) in [4.78, 5) is 18.4. The van der Waals surface area contributed by atoms with Gasteiger partial charge in [0.15, 0.2) is 5.96 Å². The van der Waals surface area contributed by atoms with Crippen molar-refractivity contribution in [3.63, 3.8) is 0 Å². The predicted molar refractivity (Wildman–Crippen MR) is 119 cm³/mol. The van der Waals surface area contributed by atoms with Crippen molar-refractivity contribution in [3.8, 4) is 11.5 Å². The van der Waals surface area contributed by atoms with E-state index in [1.807, 2.05) is 54.3 Å². The van der Waals surface area contributed by atoms with Gasteiger partial charge in [0.2, 0.25) is 5.91 Å². The van der Waals surface area contributed by atoms with E-state index >= 15 is 0 Å². The molecule has 7 heteroatoms. The van der Waals surface area contributed by atoms with Crippen LogP contribution >= 0.6 is 0 Å². The van der Waals surface area contributed by atoms with E-state index in [0.717, 1.165) is 53.8 Å². The predicted octanol–water partition coefficient (Wildman–Crippen LogP) is 3.09. The molecule has 0 atom stereocenters. The van der Waals surface area contributed by atoms with Crippen molar-refractivity contribution >= 4 is 17.6 Å². The SMILES string of the molecule is CCNC(=NCc1ccc(N2CCCC2=O)cc1)NCc1ccc(OC)cc1OC. The minimum Gasteiger partial charge on any atom is -0.497 e. The average Bonchev–Trinajstić information content (AvgIpc) is 3.21. The van der Waals surface area contributed by atoms with Gasteiger partial charge in [-0.3, -0.25) is 4.79 Å². The highest BCUT2D eigenvalue weighted by Crippen LogP contribution is 2.24. The summed E-state index contributed by atoms with van der Waals surface area (Å²) in [5, 5.41) is 6.61. The molecule has 2 aromatic rings. The number of ether oxygens (including phenoxy) is 2. The minimum absolute atomic E-state index is 0.202. The van der Waals surface area contributed by atoms with Gasteiger partial charge in [-0.15, -0.1) is 0 Å². The monoisotopic (exact) mass is 410 g/mol. The zero-order chi connectivity index (χ0) is 21.3. The van der Waals surface area contributed by atoms with Crippen molar-refractivity contribution in [2.75, 3.05) is 32.2 Å². The van der Waals surface area contributed by atoms with Crippen LogP contribution in [0.1, 0.15) is 30.9 Å². The first kappa shape index (κ1) is 21.5. The normalized spacial score (nSPS) is 14.0. The third-order valence-corrected chi connectivity index (χ3v) is 5.03. The molecule has 2 N–H and O–H groups in total. The van der Waals surface area contributed by atoms with Gasteiger partial charge in [0.05, 0.1) is 20.8 Å². The third-order valence-electron chi connectivity index (χ3n) is 5.03. The molecule has 3 rings (SSSR count). The Labute approximate surface area is 178 Å². The highest BCUT2D eigenvalue weighted by atomic mass is 16.5. The van der Waals surface area contributed by atoms with Crippen LogP contribution in [0.25, 0.3) is 0 Å². The number of methoxy groups -OCH3 is 2. The number of hydrogen-bond donors (Lipinski definition) is 2. The number of anilines is 1. The molecule has 1 aliphatic heterocycles. The molecule has 1 aliphatic rings. The number of carbonyl (C=O) groups excluding carboxylic acids is 1. The Bertz CT molecular complexity index is 881. The van der Waals surface area contributed by atoms with Crippen molar-refractivity contribution in [1.29, 1.82) is 0 Å². The molecule has 0 radical (unpaired) electrons. The van der Waals surface area contributed by atoms with E-state index in [1.165, 1.54) is 0 Å². The molecule has 1 fully saturated rings. The molecular formula is C23H30N4O3. The highest BCUT2D eigenvalue weighted by molar-refractivity contribution is 5.95. The molecular weight excluding hydrogens is 380 g/mol. The van der Waals surface area contributed by atoms with Gasteiger partial charge < -0.3 is 25.0 Å². The fraction of sp³-hybridized carbons (Fsp3) is 0.391. The van der Waals surface area contributed by atoms with Crippen LogP contribution in [0.4, 0.5) is 5.69 Å². The lowest BCUT2D eigenvalue weighted by atomic mass is 10.2. The molecule has 7 nitrogen and oxygen atoms in total. The Morgan fingerprint density at radius 1 is 1.10 bits per heavy atom. The van der Waals surface area contributed by atoms with E-state index in [-0.39, 0.29) is 5.91 Å². The maximum absolute atomic E-state index is 11.9. The maximum Gasteiger partial charge on any atom is 0.227 e. The lowest BCUT2D eigenvalue weighted by Gasteiger charge is -2.16. The molecule has 0 spiro atoms. The Balaban J connectivity index is 1.62. The summed E-state index contributed by atoms with van der Waals surface area (Å²) in [6, 6.07) is 13.8. The number of rotatable bonds is 8. The summed E-state index contributed by atoms with van der Waals surface area (Å²) in [6.07, 6.45) is 1.57. The number of hydrogen-bond acceptors (Lipinski definition) is 4. The van der Waals surface area contributed by atoms with Crippen molar-refractivity contribution in [3.05, 3.63) is 53.6 Å². The summed E-state index contributed by atoms with van der Waals surface area (Å²) < 4.78 is 10.7. The lowest BCUT2D eigenvalue weighted by molar-refractivity contribution is -0.117. The molecule has 0 bridgehead atoms. The molecule has 0 unspecified atom stereocenters. The van der Waals surface area contributed by atoms with Crippen LogP contribution in [0.2, 0.25) is 0 Å². The second-order valence-corrected chi connectivity index (χ2v) is 7.04. The van der Waals surface area contributed by atoms with Crippen LogP contribution < -0.4 is 25.0 Å². The van der Waals surface area contributed by atoms with Crippen molar-refractivity contribution in [1.82, 2.24) is 10.6 Å². The van der Waals surface area contributed by atoms with Gasteiger partial charge in [0.25, 0.3) is 0 Å². The molecule has 0 aromatic heterocycles. The standard InChI is InChI=1S/C23H30N4O3/c1-4-24-23(26-16-18-9-12-20(29-2)14-21(18)30-3)25-15-17-7-10-19(11-8-17)27-13-5-6-22(27)28/h7-12,14H,4-6,13,15-16H2,1-3H3,(H2,24,25,26). The fourth-order valence-electron chi connectivity index (χ4n) is 3.39. The number of nitrogens with one attached hydrogen (secondary N) is 2. The van der Waals surface area contributed by atoms with Crippen LogP contribution in [-0.4, -0.2) is 39.2 Å². The minimum atomic E-state index is 0.202. The summed E-state index contributed by atoms with van der Waals surface area (Å²) >= 11 is 0. The number of aliphatic imine (C=N–C) groups is 1. The van der Waals surface area contributed by atoms with Gasteiger partial charge in [0, 0.05) is 43.4 Å².